The van der Waals surface area contributed by atoms with Crippen molar-refractivity contribution in [3.05, 3.63) is 22.5 Å². The van der Waals surface area contributed by atoms with Gasteiger partial charge in [0.25, 0.3) is 0 Å². The molecule has 27 heavy (non-hydrogen) atoms. The van der Waals surface area contributed by atoms with E-state index in [-0.39, 0.29) is 41.6 Å². The van der Waals surface area contributed by atoms with Gasteiger partial charge in [-0.05, 0) is 19.9 Å². The van der Waals surface area contributed by atoms with Crippen LogP contribution in [-0.4, -0.2) is 82.7 Å². The molecule has 9 nitrogen and oxygen atoms in total. The lowest BCUT2D eigenvalue weighted by Gasteiger charge is -2.35. The van der Waals surface area contributed by atoms with Crippen LogP contribution in [0.1, 0.15) is 28.7 Å². The average molecular weight is 375 g/mol. The van der Waals surface area contributed by atoms with Gasteiger partial charge in [-0.3, -0.25) is 10.3 Å². The predicted octanol–water partition coefficient (Wildman–Crippen LogP) is 0.700. The van der Waals surface area contributed by atoms with Crippen molar-refractivity contribution in [2.24, 2.45) is 0 Å². The number of aromatic hydroxyl groups is 1. The van der Waals surface area contributed by atoms with Crippen molar-refractivity contribution >= 4 is 17.9 Å². The Hall–Kier alpha value is -2.83. The maximum Gasteiger partial charge on any atom is 0.343 e. The van der Waals surface area contributed by atoms with Crippen LogP contribution in [0.3, 0.4) is 0 Å². The number of β-amino-alcohol motifs (C(OH)–C–C–N with tert-alkyl or cyclic N) is 1. The maximum atomic E-state index is 12.0. The van der Waals surface area contributed by atoms with E-state index < -0.39 is 5.97 Å². The molecule has 0 aliphatic carbocycles. The zero-order valence-corrected chi connectivity index (χ0v) is 15.6. The highest BCUT2D eigenvalue weighted by Crippen LogP contribution is 2.28. The molecular formula is C18H25N5O4. The van der Waals surface area contributed by atoms with E-state index in [2.05, 4.69) is 9.88 Å². The molecule has 2 rings (SSSR count). The second-order valence-electron chi connectivity index (χ2n) is 6.18. The number of nitrogens with one attached hydrogen (secondary N) is 2. The Morgan fingerprint density at radius 1 is 1.41 bits per heavy atom. The van der Waals surface area contributed by atoms with Crippen molar-refractivity contribution in [2.75, 3.05) is 45.9 Å². The molecule has 1 aliphatic rings. The molecule has 9 heteroatoms. The molecule has 4 N–H and O–H groups in total. The van der Waals surface area contributed by atoms with Crippen LogP contribution in [-0.2, 0) is 4.74 Å². The number of nitrogens with zero attached hydrogens (tertiary/aromatic N) is 3. The Labute approximate surface area is 158 Å². The van der Waals surface area contributed by atoms with Gasteiger partial charge in [-0.15, -0.1) is 0 Å². The molecule has 1 aromatic rings. The molecule has 0 atom stereocenters. The summed E-state index contributed by atoms with van der Waals surface area (Å²) in [7, 11) is 0. The summed E-state index contributed by atoms with van der Waals surface area (Å²) in [4.78, 5) is 18.7. The summed E-state index contributed by atoms with van der Waals surface area (Å²) >= 11 is 0. The second-order valence-corrected chi connectivity index (χ2v) is 6.18. The number of nitriles is 1. The number of carbonyl (C=O) groups is 1. The van der Waals surface area contributed by atoms with Crippen LogP contribution in [0.4, 0.5) is 0 Å². The number of esters is 1. The standard InChI is InChI=1S/C18H25N5O4/c1-3-27-18(26)15-12(2)21-14(16(15)25)10-13(11-19)17(20)23-6-4-22(5-7-23)8-9-24/h10,20-21,24-25H,3-9H2,1-2H3. The van der Waals surface area contributed by atoms with E-state index >= 15 is 0 Å². The summed E-state index contributed by atoms with van der Waals surface area (Å²) in [5, 5.41) is 37.1. The monoisotopic (exact) mass is 375 g/mol. The smallest absolute Gasteiger partial charge is 0.343 e. The number of aliphatic hydroxyl groups is 1. The number of piperazine rings is 1. The van der Waals surface area contributed by atoms with Gasteiger partial charge >= 0.3 is 5.97 Å². The normalized spacial score (nSPS) is 15.5. The quantitative estimate of drug-likeness (QED) is 0.249. The minimum absolute atomic E-state index is 0.0320. The van der Waals surface area contributed by atoms with Crippen LogP contribution in [0.2, 0.25) is 0 Å². The van der Waals surface area contributed by atoms with Crippen molar-refractivity contribution in [2.45, 2.75) is 13.8 Å². The van der Waals surface area contributed by atoms with Crippen LogP contribution < -0.4 is 0 Å². The van der Waals surface area contributed by atoms with Gasteiger partial charge < -0.3 is 24.8 Å². The van der Waals surface area contributed by atoms with Crippen molar-refractivity contribution < 1.29 is 19.7 Å². The number of aryl methyl sites for hydroxylation is 1. The Kier molecular flexibility index (Phi) is 6.98. The highest BCUT2D eigenvalue weighted by atomic mass is 16.5. The van der Waals surface area contributed by atoms with E-state index in [9.17, 15) is 15.2 Å². The van der Waals surface area contributed by atoms with Gasteiger partial charge in [-0.2, -0.15) is 5.26 Å². The fourth-order valence-electron chi connectivity index (χ4n) is 3.00. The Balaban J connectivity index is 2.19. The van der Waals surface area contributed by atoms with Crippen molar-refractivity contribution in [1.29, 1.82) is 10.7 Å². The van der Waals surface area contributed by atoms with Gasteiger partial charge in [-0.1, -0.05) is 0 Å². The van der Waals surface area contributed by atoms with Crippen LogP contribution in [0, 0.1) is 23.7 Å². The van der Waals surface area contributed by atoms with E-state index in [1.165, 1.54) is 6.08 Å². The molecule has 146 valence electrons. The molecule has 1 fully saturated rings. The third-order valence-electron chi connectivity index (χ3n) is 4.44. The first-order valence-electron chi connectivity index (χ1n) is 8.80. The molecular weight excluding hydrogens is 350 g/mol. The maximum absolute atomic E-state index is 12.0. The number of aromatic amines is 1. The number of hydrogen-bond donors (Lipinski definition) is 4. The molecule has 0 bridgehead atoms. The molecule has 0 amide bonds. The first-order valence-corrected chi connectivity index (χ1v) is 8.80. The van der Waals surface area contributed by atoms with E-state index in [4.69, 9.17) is 15.3 Å². The number of aliphatic hydroxyl groups excluding tert-OH is 1. The van der Waals surface area contributed by atoms with Gasteiger partial charge in [0, 0.05) is 38.4 Å². The lowest BCUT2D eigenvalue weighted by atomic mass is 10.1. The Morgan fingerprint density at radius 2 is 2.07 bits per heavy atom. The first-order chi connectivity index (χ1) is 12.9. The van der Waals surface area contributed by atoms with Crippen LogP contribution in [0.5, 0.6) is 5.75 Å². The third-order valence-corrected chi connectivity index (χ3v) is 4.44. The number of rotatable bonds is 6. The average Bonchev–Trinajstić information content (AvgIpc) is 2.93. The number of ether oxygens (including phenoxy) is 1. The summed E-state index contributed by atoms with van der Waals surface area (Å²) in [5.41, 5.74) is 0.733. The van der Waals surface area contributed by atoms with Gasteiger partial charge in [0.15, 0.2) is 5.75 Å². The third kappa shape index (κ3) is 4.67. The molecule has 0 saturated carbocycles. The van der Waals surface area contributed by atoms with Crippen LogP contribution in [0.25, 0.3) is 6.08 Å². The van der Waals surface area contributed by atoms with Gasteiger partial charge in [0.05, 0.1) is 24.5 Å². The Morgan fingerprint density at radius 3 is 2.63 bits per heavy atom. The minimum atomic E-state index is -0.642. The number of aromatic nitrogens is 1. The molecule has 1 aliphatic heterocycles. The number of carbonyl (C=O) groups excluding carboxylic acids is 1. The highest BCUT2D eigenvalue weighted by Gasteiger charge is 2.24. The second kappa shape index (κ2) is 9.21. The SMILES string of the molecule is CCOC(=O)c1c(C)[nH]c(C=C(C#N)C(=N)N2CCN(CCO)CC2)c1O. The minimum Gasteiger partial charge on any atom is -0.505 e. The number of hydrogen-bond acceptors (Lipinski definition) is 7. The topological polar surface area (TPSA) is 137 Å². The number of H-pyrrole nitrogens is 1. The zero-order chi connectivity index (χ0) is 20.0. The first kappa shape index (κ1) is 20.5. The van der Waals surface area contributed by atoms with Crippen LogP contribution in [0.15, 0.2) is 5.57 Å². The summed E-state index contributed by atoms with van der Waals surface area (Å²) in [6.45, 7) is 6.70. The molecule has 0 aromatic carbocycles. The van der Waals surface area contributed by atoms with Gasteiger partial charge in [-0.25, -0.2) is 4.79 Å². The summed E-state index contributed by atoms with van der Waals surface area (Å²) in [6, 6.07) is 1.99. The van der Waals surface area contributed by atoms with Crippen molar-refractivity contribution in [3.8, 4) is 11.8 Å². The predicted molar refractivity (Wildman–Crippen MR) is 99.6 cm³/mol. The lowest BCUT2D eigenvalue weighted by Crippen LogP contribution is -2.49. The largest absolute Gasteiger partial charge is 0.505 e. The number of amidine groups is 1. The summed E-state index contributed by atoms with van der Waals surface area (Å²) in [5.74, 6) is -0.873. The van der Waals surface area contributed by atoms with Crippen molar-refractivity contribution in [1.82, 2.24) is 14.8 Å². The molecule has 0 spiro atoms. The zero-order valence-electron chi connectivity index (χ0n) is 15.6. The molecule has 2 heterocycles. The lowest BCUT2D eigenvalue weighted by molar-refractivity contribution is 0.0522. The molecule has 1 aromatic heterocycles. The van der Waals surface area contributed by atoms with Gasteiger partial charge in [0.2, 0.25) is 0 Å². The van der Waals surface area contributed by atoms with E-state index in [0.29, 0.717) is 38.4 Å². The fourth-order valence-corrected chi connectivity index (χ4v) is 3.00. The highest BCUT2D eigenvalue weighted by molar-refractivity contribution is 6.04. The molecule has 1 saturated heterocycles. The van der Waals surface area contributed by atoms with E-state index in [1.807, 2.05) is 6.07 Å². The Bertz CT molecular complexity index is 769. The molecule has 0 radical (unpaired) electrons. The van der Waals surface area contributed by atoms with Crippen molar-refractivity contribution in [3.63, 3.8) is 0 Å². The van der Waals surface area contributed by atoms with E-state index in [0.717, 1.165) is 0 Å². The van der Waals surface area contributed by atoms with Gasteiger partial charge in [0.1, 0.15) is 17.5 Å². The summed E-state index contributed by atoms with van der Waals surface area (Å²) < 4.78 is 4.93. The summed E-state index contributed by atoms with van der Waals surface area (Å²) in [6.07, 6.45) is 1.37. The molecule has 0 unspecified atom stereocenters. The van der Waals surface area contributed by atoms with E-state index in [1.54, 1.807) is 18.7 Å². The van der Waals surface area contributed by atoms with Crippen LogP contribution >= 0.6 is 0 Å². The fraction of sp³-hybridized carbons (Fsp3) is 0.500.